The lowest BCUT2D eigenvalue weighted by molar-refractivity contribution is -0.139. The number of aromatic amines is 1. The van der Waals surface area contributed by atoms with Crippen molar-refractivity contribution >= 4 is 17.8 Å². The first-order chi connectivity index (χ1) is 8.17. The number of H-pyrrole nitrogens is 1. The molecule has 2 amide bonds. The van der Waals surface area contributed by atoms with Gasteiger partial charge < -0.3 is 14.8 Å². The number of ether oxygens (including phenoxy) is 2. The van der Waals surface area contributed by atoms with Gasteiger partial charge in [-0.05, 0) is 0 Å². The normalized spacial score (nSPS) is 10.3. The third-order valence-corrected chi connectivity index (χ3v) is 1.81. The van der Waals surface area contributed by atoms with Crippen molar-refractivity contribution in [3.05, 3.63) is 6.33 Å². The van der Waals surface area contributed by atoms with E-state index in [0.29, 0.717) is 0 Å². The highest BCUT2D eigenvalue weighted by Gasteiger charge is 2.16. The number of nitrogens with one attached hydrogen (secondary N) is 3. The van der Waals surface area contributed by atoms with Crippen LogP contribution in [-0.2, 0) is 19.1 Å². The van der Waals surface area contributed by atoms with Crippen molar-refractivity contribution in [1.29, 1.82) is 0 Å². The smallest absolute Gasteiger partial charge is 0.316 e. The summed E-state index contributed by atoms with van der Waals surface area (Å²) in [6.45, 7) is 0.0651. The molecule has 17 heavy (non-hydrogen) atoms. The summed E-state index contributed by atoms with van der Waals surface area (Å²) < 4.78 is 9.68. The quantitative estimate of drug-likeness (QED) is 0.427. The van der Waals surface area contributed by atoms with E-state index in [2.05, 4.69) is 25.8 Å². The van der Waals surface area contributed by atoms with Crippen LogP contribution in [0.4, 0.5) is 5.95 Å². The highest BCUT2D eigenvalue weighted by Crippen LogP contribution is 1.92. The van der Waals surface area contributed by atoms with Gasteiger partial charge in [-0.15, -0.1) is 0 Å². The van der Waals surface area contributed by atoms with Gasteiger partial charge in [0.2, 0.25) is 5.95 Å². The van der Waals surface area contributed by atoms with Crippen LogP contribution in [0.2, 0.25) is 0 Å². The van der Waals surface area contributed by atoms with Crippen molar-refractivity contribution in [2.75, 3.05) is 26.1 Å². The van der Waals surface area contributed by atoms with Crippen LogP contribution >= 0.6 is 0 Å². The predicted octanol–water partition coefficient (Wildman–Crippen LogP) is -1.52. The summed E-state index contributed by atoms with van der Waals surface area (Å²) in [5.74, 6) is -1.58. The maximum atomic E-state index is 11.3. The van der Waals surface area contributed by atoms with Gasteiger partial charge in [0.1, 0.15) is 6.33 Å². The molecule has 3 N–H and O–H groups in total. The molecule has 0 aliphatic rings. The molecule has 1 aromatic heterocycles. The number of carbonyl (C=O) groups excluding carboxylic acids is 2. The van der Waals surface area contributed by atoms with E-state index < -0.39 is 18.1 Å². The van der Waals surface area contributed by atoms with E-state index in [1.807, 2.05) is 0 Å². The second-order valence-corrected chi connectivity index (χ2v) is 2.90. The lowest BCUT2D eigenvalue weighted by Crippen LogP contribution is -2.40. The Bertz CT molecular complexity index is 362. The molecule has 1 rings (SSSR count). The summed E-state index contributed by atoms with van der Waals surface area (Å²) in [6.07, 6.45) is 0.608. The van der Waals surface area contributed by atoms with E-state index >= 15 is 0 Å². The largest absolute Gasteiger partial charge is 0.354 e. The molecule has 0 aliphatic heterocycles. The number of methoxy groups -OCH3 is 2. The Morgan fingerprint density at radius 3 is 2.65 bits per heavy atom. The van der Waals surface area contributed by atoms with Crippen molar-refractivity contribution in [2.45, 2.75) is 6.29 Å². The number of aromatic nitrogens is 3. The second-order valence-electron chi connectivity index (χ2n) is 2.90. The van der Waals surface area contributed by atoms with Crippen molar-refractivity contribution in [3.8, 4) is 0 Å². The molecule has 0 saturated carbocycles. The first-order valence-corrected chi connectivity index (χ1v) is 4.67. The van der Waals surface area contributed by atoms with E-state index in [-0.39, 0.29) is 12.5 Å². The van der Waals surface area contributed by atoms with Crippen molar-refractivity contribution in [1.82, 2.24) is 20.5 Å². The third kappa shape index (κ3) is 4.17. The zero-order chi connectivity index (χ0) is 12.7. The highest BCUT2D eigenvalue weighted by atomic mass is 16.7. The monoisotopic (exact) mass is 243 g/mol. The average molecular weight is 243 g/mol. The van der Waals surface area contributed by atoms with Crippen LogP contribution in [0.1, 0.15) is 0 Å². The Labute approximate surface area is 96.9 Å². The van der Waals surface area contributed by atoms with Crippen LogP contribution in [0.25, 0.3) is 0 Å². The predicted molar refractivity (Wildman–Crippen MR) is 55.8 cm³/mol. The molecular weight excluding hydrogens is 230 g/mol. The molecule has 0 atom stereocenters. The van der Waals surface area contributed by atoms with Gasteiger partial charge in [-0.1, -0.05) is 0 Å². The van der Waals surface area contributed by atoms with Gasteiger partial charge in [-0.3, -0.25) is 14.9 Å². The van der Waals surface area contributed by atoms with Gasteiger partial charge in [0.15, 0.2) is 6.29 Å². The number of rotatable bonds is 5. The molecular formula is C8H13N5O4. The van der Waals surface area contributed by atoms with Crippen LogP contribution in [0.3, 0.4) is 0 Å². The number of amides is 2. The van der Waals surface area contributed by atoms with Crippen molar-refractivity contribution < 1.29 is 19.1 Å². The van der Waals surface area contributed by atoms with Crippen LogP contribution in [0.15, 0.2) is 6.33 Å². The number of hydrogen-bond acceptors (Lipinski definition) is 6. The summed E-state index contributed by atoms with van der Waals surface area (Å²) in [4.78, 5) is 26.3. The van der Waals surface area contributed by atoms with Gasteiger partial charge >= 0.3 is 11.8 Å². The summed E-state index contributed by atoms with van der Waals surface area (Å²) >= 11 is 0. The minimum atomic E-state index is -0.854. The highest BCUT2D eigenvalue weighted by molar-refractivity contribution is 6.39. The first kappa shape index (κ1) is 13.1. The van der Waals surface area contributed by atoms with Crippen molar-refractivity contribution in [2.24, 2.45) is 0 Å². The maximum absolute atomic E-state index is 11.3. The summed E-state index contributed by atoms with van der Waals surface area (Å²) in [6, 6.07) is 0. The Hall–Kier alpha value is -2.00. The van der Waals surface area contributed by atoms with E-state index in [1.165, 1.54) is 20.5 Å². The number of anilines is 1. The number of carbonyl (C=O) groups is 2. The molecule has 0 aromatic carbocycles. The van der Waals surface area contributed by atoms with Crippen molar-refractivity contribution in [3.63, 3.8) is 0 Å². The molecule has 9 nitrogen and oxygen atoms in total. The molecule has 1 aromatic rings. The standard InChI is InChI=1S/C8H13N5O4/c1-16-5(17-2)3-9-6(14)7(15)12-8-10-4-11-13-8/h4-5H,3H2,1-2H3,(H,9,14)(H2,10,11,12,13,15). The van der Waals surface area contributed by atoms with E-state index in [0.717, 1.165) is 0 Å². The first-order valence-electron chi connectivity index (χ1n) is 4.67. The van der Waals surface area contributed by atoms with Gasteiger partial charge in [-0.2, -0.15) is 10.1 Å². The molecule has 0 spiro atoms. The molecule has 0 fully saturated rings. The summed E-state index contributed by atoms with van der Waals surface area (Å²) in [7, 11) is 2.85. The van der Waals surface area contributed by atoms with Gasteiger partial charge in [0, 0.05) is 14.2 Å². The summed E-state index contributed by atoms with van der Waals surface area (Å²) in [5.41, 5.74) is 0. The Kier molecular flexibility index (Phi) is 5.04. The minimum Gasteiger partial charge on any atom is -0.354 e. The number of hydrogen-bond donors (Lipinski definition) is 3. The molecule has 0 aliphatic carbocycles. The maximum Gasteiger partial charge on any atom is 0.316 e. The Morgan fingerprint density at radius 1 is 1.41 bits per heavy atom. The van der Waals surface area contributed by atoms with Crippen LogP contribution < -0.4 is 10.6 Å². The van der Waals surface area contributed by atoms with E-state index in [1.54, 1.807) is 0 Å². The minimum absolute atomic E-state index is 0.0651. The average Bonchev–Trinajstić information content (AvgIpc) is 2.82. The molecule has 1 heterocycles. The fraction of sp³-hybridized carbons (Fsp3) is 0.500. The summed E-state index contributed by atoms with van der Waals surface area (Å²) in [5, 5.41) is 10.5. The van der Waals surface area contributed by atoms with Crippen LogP contribution in [-0.4, -0.2) is 54.1 Å². The SMILES string of the molecule is COC(CNC(=O)C(=O)Nc1ncn[nH]1)OC. The van der Waals surface area contributed by atoms with Crippen LogP contribution in [0, 0.1) is 0 Å². The molecule has 9 heteroatoms. The fourth-order valence-corrected chi connectivity index (χ4v) is 0.949. The molecule has 0 radical (unpaired) electrons. The van der Waals surface area contributed by atoms with E-state index in [4.69, 9.17) is 9.47 Å². The molecule has 0 saturated heterocycles. The van der Waals surface area contributed by atoms with Crippen LogP contribution in [0.5, 0.6) is 0 Å². The zero-order valence-corrected chi connectivity index (χ0v) is 9.39. The second kappa shape index (κ2) is 6.55. The Morgan fingerprint density at radius 2 is 2.12 bits per heavy atom. The van der Waals surface area contributed by atoms with E-state index in [9.17, 15) is 9.59 Å². The topological polar surface area (TPSA) is 118 Å². The lowest BCUT2D eigenvalue weighted by Gasteiger charge is -2.13. The molecule has 0 unspecified atom stereocenters. The van der Waals surface area contributed by atoms with Gasteiger partial charge in [-0.25, -0.2) is 5.10 Å². The Balaban J connectivity index is 2.34. The molecule has 94 valence electrons. The fourth-order valence-electron chi connectivity index (χ4n) is 0.949. The van der Waals surface area contributed by atoms with Gasteiger partial charge in [0.05, 0.1) is 6.54 Å². The lowest BCUT2D eigenvalue weighted by atomic mass is 10.5. The zero-order valence-electron chi connectivity index (χ0n) is 9.39. The number of nitrogens with zero attached hydrogens (tertiary/aromatic N) is 2. The third-order valence-electron chi connectivity index (χ3n) is 1.81. The van der Waals surface area contributed by atoms with Gasteiger partial charge in [0.25, 0.3) is 0 Å². The molecule has 0 bridgehead atoms.